The molecule has 0 aliphatic carbocycles. The average Bonchev–Trinajstić information content (AvgIpc) is 2.32. The van der Waals surface area contributed by atoms with Gasteiger partial charge in [-0.2, -0.15) is 0 Å². The van der Waals surface area contributed by atoms with Gasteiger partial charge in [0.25, 0.3) is 0 Å². The van der Waals surface area contributed by atoms with Crippen LogP contribution in [-0.4, -0.2) is 16.3 Å². The van der Waals surface area contributed by atoms with Gasteiger partial charge in [0.05, 0.1) is 6.61 Å². The van der Waals surface area contributed by atoms with Crippen molar-refractivity contribution in [3.05, 3.63) is 23.5 Å². The Morgan fingerprint density at radius 2 is 2.17 bits per heavy atom. The summed E-state index contributed by atoms with van der Waals surface area (Å²) in [4.78, 5) is 0. The molecule has 0 spiro atoms. The Kier molecular flexibility index (Phi) is 2.93. The fourth-order valence-electron chi connectivity index (χ4n) is 1.47. The van der Waals surface area contributed by atoms with Crippen LogP contribution in [0.2, 0.25) is 0 Å². The summed E-state index contributed by atoms with van der Waals surface area (Å²) in [5.74, 6) is 0.533. The molecule has 0 aromatic carbocycles. The van der Waals surface area contributed by atoms with E-state index in [9.17, 15) is 0 Å². The summed E-state index contributed by atoms with van der Waals surface area (Å²) >= 11 is 0. The molecule has 1 N–H and O–H groups in total. The van der Waals surface area contributed by atoms with Crippen molar-refractivity contribution in [3.8, 4) is 0 Å². The molecule has 0 bridgehead atoms. The average molecular weight is 167 g/mol. The number of aliphatic hydroxyl groups is 1. The van der Waals surface area contributed by atoms with E-state index in [4.69, 9.17) is 5.11 Å². The summed E-state index contributed by atoms with van der Waals surface area (Å²) in [6.07, 6.45) is 2.09. The first kappa shape index (κ1) is 9.33. The fraction of sp³-hybridized carbons (Fsp3) is 0.600. The summed E-state index contributed by atoms with van der Waals surface area (Å²) in [7, 11) is 0. The number of aromatic nitrogens is 1. The van der Waals surface area contributed by atoms with E-state index in [1.54, 1.807) is 0 Å². The lowest BCUT2D eigenvalue weighted by Crippen LogP contribution is -2.05. The molecule has 2 nitrogen and oxygen atoms in total. The predicted molar refractivity (Wildman–Crippen MR) is 50.3 cm³/mol. The van der Waals surface area contributed by atoms with Gasteiger partial charge in [-0.1, -0.05) is 13.8 Å². The quantitative estimate of drug-likeness (QED) is 0.731. The number of hydrogen-bond donors (Lipinski definition) is 1. The number of nitrogens with zero attached hydrogens (tertiary/aromatic N) is 1. The van der Waals surface area contributed by atoms with E-state index in [-0.39, 0.29) is 6.61 Å². The molecule has 1 aromatic heterocycles. The van der Waals surface area contributed by atoms with Crippen LogP contribution >= 0.6 is 0 Å². The number of hydrogen-bond acceptors (Lipinski definition) is 1. The molecule has 0 aliphatic heterocycles. The molecule has 0 fully saturated rings. The van der Waals surface area contributed by atoms with Gasteiger partial charge < -0.3 is 9.67 Å². The first-order valence-corrected chi connectivity index (χ1v) is 4.42. The molecule has 0 atom stereocenters. The summed E-state index contributed by atoms with van der Waals surface area (Å²) in [5.41, 5.74) is 2.58. The van der Waals surface area contributed by atoms with Gasteiger partial charge in [-0.3, -0.25) is 0 Å². The maximum absolute atomic E-state index is 8.81. The van der Waals surface area contributed by atoms with Crippen LogP contribution in [-0.2, 0) is 6.54 Å². The molecular formula is C10H17NO. The number of aliphatic hydroxyl groups excluding tert-OH is 1. The van der Waals surface area contributed by atoms with Gasteiger partial charge in [0.15, 0.2) is 0 Å². The van der Waals surface area contributed by atoms with Gasteiger partial charge >= 0.3 is 0 Å². The van der Waals surface area contributed by atoms with Gasteiger partial charge in [-0.25, -0.2) is 0 Å². The molecule has 1 rings (SSSR count). The second-order valence-electron chi connectivity index (χ2n) is 3.51. The number of aryl methyl sites for hydroxylation is 1. The van der Waals surface area contributed by atoms with Crippen molar-refractivity contribution in [3.63, 3.8) is 0 Å². The van der Waals surface area contributed by atoms with E-state index < -0.39 is 0 Å². The van der Waals surface area contributed by atoms with Gasteiger partial charge in [-0.15, -0.1) is 0 Å². The lowest BCUT2D eigenvalue weighted by atomic mass is 10.1. The zero-order valence-electron chi connectivity index (χ0n) is 8.04. The van der Waals surface area contributed by atoms with E-state index in [2.05, 4.69) is 37.6 Å². The largest absolute Gasteiger partial charge is 0.395 e. The van der Waals surface area contributed by atoms with Crippen molar-refractivity contribution in [2.45, 2.75) is 33.2 Å². The smallest absolute Gasteiger partial charge is 0.0610 e. The highest BCUT2D eigenvalue weighted by Crippen LogP contribution is 2.17. The molecule has 1 heterocycles. The van der Waals surface area contributed by atoms with Crippen LogP contribution < -0.4 is 0 Å². The molecule has 2 heteroatoms. The third-order valence-electron chi connectivity index (χ3n) is 2.00. The second-order valence-corrected chi connectivity index (χ2v) is 3.51. The minimum Gasteiger partial charge on any atom is -0.395 e. The van der Waals surface area contributed by atoms with Crippen molar-refractivity contribution < 1.29 is 5.11 Å². The van der Waals surface area contributed by atoms with E-state index in [0.29, 0.717) is 12.5 Å². The normalized spacial score (nSPS) is 11.1. The maximum Gasteiger partial charge on any atom is 0.0610 e. The van der Waals surface area contributed by atoms with Crippen LogP contribution in [0.4, 0.5) is 0 Å². The summed E-state index contributed by atoms with van der Waals surface area (Å²) in [6.45, 7) is 7.35. The van der Waals surface area contributed by atoms with Gasteiger partial charge in [0.1, 0.15) is 0 Å². The second kappa shape index (κ2) is 3.76. The van der Waals surface area contributed by atoms with Crippen molar-refractivity contribution >= 4 is 0 Å². The molecule has 0 unspecified atom stereocenters. The van der Waals surface area contributed by atoms with Crippen LogP contribution in [0.25, 0.3) is 0 Å². The molecule has 0 amide bonds. The van der Waals surface area contributed by atoms with Crippen LogP contribution in [0.1, 0.15) is 31.0 Å². The standard InChI is InChI=1S/C10H17NO/c1-8(2)10-6-9(3)7-11(10)4-5-12/h6-8,12H,4-5H2,1-3H3. The lowest BCUT2D eigenvalue weighted by Gasteiger charge is -2.09. The first-order valence-electron chi connectivity index (χ1n) is 4.42. The summed E-state index contributed by atoms with van der Waals surface area (Å²) < 4.78 is 2.12. The monoisotopic (exact) mass is 167 g/mol. The third-order valence-corrected chi connectivity index (χ3v) is 2.00. The number of rotatable bonds is 3. The molecular weight excluding hydrogens is 150 g/mol. The van der Waals surface area contributed by atoms with Gasteiger partial charge in [0.2, 0.25) is 0 Å². The summed E-state index contributed by atoms with van der Waals surface area (Å²) in [5, 5.41) is 8.81. The Balaban J connectivity index is 2.92. The van der Waals surface area contributed by atoms with E-state index >= 15 is 0 Å². The topological polar surface area (TPSA) is 25.2 Å². The van der Waals surface area contributed by atoms with Crippen LogP contribution in [0, 0.1) is 6.92 Å². The van der Waals surface area contributed by atoms with E-state index in [0.717, 1.165) is 0 Å². The van der Waals surface area contributed by atoms with Crippen molar-refractivity contribution in [2.24, 2.45) is 0 Å². The molecule has 0 aliphatic rings. The van der Waals surface area contributed by atoms with Crippen LogP contribution in [0.15, 0.2) is 12.3 Å². The van der Waals surface area contributed by atoms with Crippen LogP contribution in [0.5, 0.6) is 0 Å². The highest BCUT2D eigenvalue weighted by molar-refractivity contribution is 5.19. The summed E-state index contributed by atoms with van der Waals surface area (Å²) in [6, 6.07) is 2.18. The first-order chi connectivity index (χ1) is 5.65. The fourth-order valence-corrected chi connectivity index (χ4v) is 1.47. The molecule has 0 saturated heterocycles. The Morgan fingerprint density at radius 3 is 2.67 bits per heavy atom. The molecule has 0 saturated carbocycles. The molecule has 68 valence electrons. The predicted octanol–water partition coefficient (Wildman–Crippen LogP) is 1.91. The molecule has 1 aromatic rings. The Morgan fingerprint density at radius 1 is 1.50 bits per heavy atom. The molecule has 0 radical (unpaired) electrons. The Labute approximate surface area is 73.8 Å². The van der Waals surface area contributed by atoms with Crippen molar-refractivity contribution in [1.82, 2.24) is 4.57 Å². The van der Waals surface area contributed by atoms with Crippen LogP contribution in [0.3, 0.4) is 0 Å². The highest BCUT2D eigenvalue weighted by Gasteiger charge is 2.06. The van der Waals surface area contributed by atoms with Gasteiger partial charge in [0, 0.05) is 18.4 Å². The lowest BCUT2D eigenvalue weighted by molar-refractivity contribution is 0.274. The third kappa shape index (κ3) is 1.89. The minimum absolute atomic E-state index is 0.216. The van der Waals surface area contributed by atoms with Crippen molar-refractivity contribution in [1.29, 1.82) is 0 Å². The van der Waals surface area contributed by atoms with E-state index in [1.165, 1.54) is 11.3 Å². The highest BCUT2D eigenvalue weighted by atomic mass is 16.3. The zero-order chi connectivity index (χ0) is 9.14. The zero-order valence-corrected chi connectivity index (χ0v) is 8.04. The molecule has 12 heavy (non-hydrogen) atoms. The Hall–Kier alpha value is -0.760. The SMILES string of the molecule is Cc1cc(C(C)C)n(CCO)c1. The Bertz CT molecular complexity index is 250. The van der Waals surface area contributed by atoms with Crippen molar-refractivity contribution in [2.75, 3.05) is 6.61 Å². The minimum atomic E-state index is 0.216. The van der Waals surface area contributed by atoms with E-state index in [1.807, 2.05) is 0 Å². The maximum atomic E-state index is 8.81. The van der Waals surface area contributed by atoms with Gasteiger partial charge in [-0.05, 0) is 24.5 Å².